The van der Waals surface area contributed by atoms with Gasteiger partial charge in [-0.15, -0.1) is 0 Å². The predicted octanol–water partition coefficient (Wildman–Crippen LogP) is 20.2. The maximum Gasteiger partial charge on any atom is 0.305 e. The van der Waals surface area contributed by atoms with Crippen LogP contribution in [0.25, 0.3) is 0 Å². The summed E-state index contributed by atoms with van der Waals surface area (Å²) in [6.45, 7) is 4.92. The van der Waals surface area contributed by atoms with Crippen molar-refractivity contribution < 1.29 is 24.5 Å². The van der Waals surface area contributed by atoms with Crippen molar-refractivity contribution in [1.82, 2.24) is 5.32 Å². The van der Waals surface area contributed by atoms with E-state index in [9.17, 15) is 19.8 Å². The van der Waals surface area contributed by atoms with Crippen LogP contribution in [0.15, 0.2) is 24.3 Å². The highest BCUT2D eigenvalue weighted by molar-refractivity contribution is 5.76. The summed E-state index contributed by atoms with van der Waals surface area (Å²) >= 11 is 0. The van der Waals surface area contributed by atoms with Crippen LogP contribution in [-0.4, -0.2) is 47.4 Å². The number of unbranched alkanes of at least 4 members (excludes halogenated alkanes) is 47. The Labute approximate surface area is 443 Å². The van der Waals surface area contributed by atoms with Crippen LogP contribution in [0.1, 0.15) is 354 Å². The lowest BCUT2D eigenvalue weighted by molar-refractivity contribution is -0.143. The molecule has 2 atom stereocenters. The predicted molar refractivity (Wildman–Crippen MR) is 310 cm³/mol. The van der Waals surface area contributed by atoms with E-state index >= 15 is 0 Å². The second kappa shape index (κ2) is 60.9. The maximum absolute atomic E-state index is 12.5. The summed E-state index contributed by atoms with van der Waals surface area (Å²) in [7, 11) is 0. The van der Waals surface area contributed by atoms with Crippen LogP contribution in [0, 0.1) is 0 Å². The highest BCUT2D eigenvalue weighted by Gasteiger charge is 2.18. The van der Waals surface area contributed by atoms with Crippen LogP contribution in [0.2, 0.25) is 0 Å². The summed E-state index contributed by atoms with van der Waals surface area (Å²) in [5.41, 5.74) is 0. The minimum Gasteiger partial charge on any atom is -0.466 e. The first kappa shape index (κ1) is 69.3. The lowest BCUT2D eigenvalue weighted by Gasteiger charge is -2.20. The van der Waals surface area contributed by atoms with Crippen molar-refractivity contribution in [2.45, 2.75) is 366 Å². The summed E-state index contributed by atoms with van der Waals surface area (Å²) < 4.78 is 5.49. The lowest BCUT2D eigenvalue weighted by atomic mass is 10.0. The maximum atomic E-state index is 12.5. The molecular formula is C65H125NO5. The molecule has 420 valence electrons. The zero-order chi connectivity index (χ0) is 51.4. The number of aliphatic hydroxyl groups is 2. The number of hydrogen-bond acceptors (Lipinski definition) is 5. The number of esters is 1. The summed E-state index contributed by atoms with van der Waals surface area (Å²) in [6, 6.07) is -0.634. The Morgan fingerprint density at radius 3 is 1.00 bits per heavy atom. The molecule has 0 aliphatic carbocycles. The van der Waals surface area contributed by atoms with E-state index < -0.39 is 12.1 Å². The third kappa shape index (κ3) is 57.5. The van der Waals surface area contributed by atoms with Gasteiger partial charge in [-0.2, -0.15) is 0 Å². The quantitative estimate of drug-likeness (QED) is 0.0320. The highest BCUT2D eigenvalue weighted by atomic mass is 16.5. The van der Waals surface area contributed by atoms with Crippen molar-refractivity contribution >= 4 is 11.9 Å². The van der Waals surface area contributed by atoms with Crippen molar-refractivity contribution in [2.24, 2.45) is 0 Å². The molecule has 1 amide bonds. The molecule has 0 aromatic rings. The zero-order valence-corrected chi connectivity index (χ0v) is 48.0. The third-order valence-electron chi connectivity index (χ3n) is 15.0. The molecule has 0 rings (SSSR count). The van der Waals surface area contributed by atoms with Gasteiger partial charge >= 0.3 is 5.97 Å². The van der Waals surface area contributed by atoms with Crippen molar-refractivity contribution in [3.8, 4) is 0 Å². The molecule has 6 heteroatoms. The Bertz CT molecular complexity index is 1110. The van der Waals surface area contributed by atoms with E-state index in [1.165, 1.54) is 283 Å². The smallest absolute Gasteiger partial charge is 0.305 e. The number of carbonyl (C=O) groups excluding carboxylic acids is 2. The van der Waals surface area contributed by atoms with E-state index in [2.05, 4.69) is 31.3 Å². The average molecular weight is 1000 g/mol. The molecule has 71 heavy (non-hydrogen) atoms. The summed E-state index contributed by atoms with van der Waals surface area (Å²) in [5.74, 6) is -0.0644. The van der Waals surface area contributed by atoms with Gasteiger partial charge in [-0.25, -0.2) is 0 Å². The number of amides is 1. The van der Waals surface area contributed by atoms with Crippen LogP contribution in [-0.2, 0) is 14.3 Å². The summed E-state index contributed by atoms with van der Waals surface area (Å²) in [6.07, 6.45) is 75.1. The largest absolute Gasteiger partial charge is 0.466 e. The van der Waals surface area contributed by atoms with Gasteiger partial charge in [0.05, 0.1) is 25.4 Å². The molecule has 0 aromatic carbocycles. The molecule has 0 bridgehead atoms. The third-order valence-corrected chi connectivity index (χ3v) is 15.0. The van der Waals surface area contributed by atoms with Gasteiger partial charge in [0, 0.05) is 12.8 Å². The Morgan fingerprint density at radius 1 is 0.380 bits per heavy atom. The first-order valence-electron chi connectivity index (χ1n) is 32.1. The number of ether oxygens (including phenoxy) is 1. The van der Waals surface area contributed by atoms with Gasteiger partial charge in [0.25, 0.3) is 0 Å². The fraction of sp³-hybridized carbons (Fsp3) is 0.908. The van der Waals surface area contributed by atoms with E-state index in [-0.39, 0.29) is 18.5 Å². The minimum atomic E-state index is -0.850. The molecule has 0 aliphatic rings. The van der Waals surface area contributed by atoms with E-state index in [0.717, 1.165) is 44.9 Å². The molecule has 0 aliphatic heterocycles. The molecular weight excluding hydrogens is 875 g/mol. The first-order valence-corrected chi connectivity index (χ1v) is 32.1. The Kier molecular flexibility index (Phi) is 59.5. The fourth-order valence-corrected chi connectivity index (χ4v) is 10.0. The van der Waals surface area contributed by atoms with Gasteiger partial charge in [-0.05, 0) is 57.8 Å². The standard InChI is InChI=1S/C65H125NO5/c1-3-5-7-9-11-13-15-17-19-21-26-29-33-37-41-45-49-53-57-63(68)62(61-67)66-64(69)58-54-50-46-42-38-34-30-27-24-22-23-25-28-32-36-40-44-48-52-56-60-71-65(70)59-55-51-47-43-39-35-31-20-18-16-14-12-10-8-6-4-2/h22,24,53,57,62-63,67-68H,3-21,23,25-52,54-56,58-61H2,1-2H3,(H,66,69)/b24-22-,57-53+. The number of nitrogens with one attached hydrogen (secondary N) is 1. The molecule has 0 radical (unpaired) electrons. The number of carbonyl (C=O) groups is 2. The Hall–Kier alpha value is -1.66. The van der Waals surface area contributed by atoms with Gasteiger partial charge in [0.1, 0.15) is 0 Å². The molecule has 0 aromatic heterocycles. The topological polar surface area (TPSA) is 95.9 Å². The first-order chi connectivity index (χ1) is 35.0. The number of allylic oxidation sites excluding steroid dienone is 3. The molecule has 0 saturated heterocycles. The van der Waals surface area contributed by atoms with E-state index in [1.54, 1.807) is 6.08 Å². The lowest BCUT2D eigenvalue weighted by Crippen LogP contribution is -2.45. The number of aliphatic hydroxyl groups excluding tert-OH is 2. The van der Waals surface area contributed by atoms with Crippen molar-refractivity contribution in [3.05, 3.63) is 24.3 Å². The van der Waals surface area contributed by atoms with Crippen LogP contribution < -0.4 is 5.32 Å². The van der Waals surface area contributed by atoms with Gasteiger partial charge in [-0.1, -0.05) is 308 Å². The van der Waals surface area contributed by atoms with Crippen LogP contribution in [0.5, 0.6) is 0 Å². The van der Waals surface area contributed by atoms with Crippen LogP contribution in [0.3, 0.4) is 0 Å². The van der Waals surface area contributed by atoms with E-state index in [1.807, 2.05) is 6.08 Å². The molecule has 3 N–H and O–H groups in total. The van der Waals surface area contributed by atoms with Gasteiger partial charge < -0.3 is 20.3 Å². The molecule has 6 nitrogen and oxygen atoms in total. The monoisotopic (exact) mass is 1000 g/mol. The number of rotatable bonds is 60. The van der Waals surface area contributed by atoms with Crippen molar-refractivity contribution in [1.29, 1.82) is 0 Å². The SMILES string of the molecule is CCCCCCCCCCCCCCCCCC/C=C/C(O)C(CO)NC(=O)CCCCCCCCC/C=C\CCCCCCCCCCCOC(=O)CCCCCCCCCCCCCCCCCC. The van der Waals surface area contributed by atoms with E-state index in [0.29, 0.717) is 19.4 Å². The Balaban J connectivity index is 3.44. The van der Waals surface area contributed by atoms with Gasteiger partial charge in [0.15, 0.2) is 0 Å². The average Bonchev–Trinajstić information content (AvgIpc) is 3.37. The number of hydrogen-bond donors (Lipinski definition) is 3. The van der Waals surface area contributed by atoms with E-state index in [4.69, 9.17) is 4.74 Å². The van der Waals surface area contributed by atoms with Crippen LogP contribution in [0.4, 0.5) is 0 Å². The second-order valence-corrected chi connectivity index (χ2v) is 22.1. The summed E-state index contributed by atoms with van der Waals surface area (Å²) in [4.78, 5) is 24.6. The molecule has 0 spiro atoms. The minimum absolute atomic E-state index is 0.00952. The van der Waals surface area contributed by atoms with Crippen LogP contribution >= 0.6 is 0 Å². The molecule has 2 unspecified atom stereocenters. The Morgan fingerprint density at radius 2 is 0.662 bits per heavy atom. The zero-order valence-electron chi connectivity index (χ0n) is 48.0. The van der Waals surface area contributed by atoms with Crippen molar-refractivity contribution in [2.75, 3.05) is 13.2 Å². The van der Waals surface area contributed by atoms with Crippen molar-refractivity contribution in [3.63, 3.8) is 0 Å². The normalized spacial score (nSPS) is 12.7. The molecule has 0 saturated carbocycles. The second-order valence-electron chi connectivity index (χ2n) is 22.1. The molecule has 0 fully saturated rings. The highest BCUT2D eigenvalue weighted by Crippen LogP contribution is 2.18. The summed E-state index contributed by atoms with van der Waals surface area (Å²) in [5, 5.41) is 23.2. The fourth-order valence-electron chi connectivity index (χ4n) is 10.0. The van der Waals surface area contributed by atoms with Gasteiger partial charge in [-0.3, -0.25) is 9.59 Å². The molecule has 0 heterocycles. The van der Waals surface area contributed by atoms with Gasteiger partial charge in [0.2, 0.25) is 5.91 Å².